The Labute approximate surface area is 115 Å². The fraction of sp³-hybridized carbons (Fsp3) is 0.615. The second kappa shape index (κ2) is 6.93. The first kappa shape index (κ1) is 16.0. The maximum Gasteiger partial charge on any atom is 0.406 e. The molecule has 0 N–H and O–H groups in total. The minimum atomic E-state index is -4.36. The number of carbonyl (C=O) groups excluding carboxylic acids is 1. The molecule has 0 aliphatic rings. The van der Waals surface area contributed by atoms with Crippen LogP contribution in [0.25, 0.3) is 0 Å². The van der Waals surface area contributed by atoms with Crippen molar-refractivity contribution in [3.63, 3.8) is 0 Å². The van der Waals surface area contributed by atoms with Gasteiger partial charge in [-0.3, -0.25) is 4.79 Å². The van der Waals surface area contributed by atoms with Crippen LogP contribution in [0.3, 0.4) is 0 Å². The van der Waals surface area contributed by atoms with Crippen molar-refractivity contribution < 1.29 is 18.0 Å². The number of amides is 1. The molecule has 6 heteroatoms. The first-order valence-electron chi connectivity index (χ1n) is 6.24. The van der Waals surface area contributed by atoms with Gasteiger partial charge >= 0.3 is 6.18 Å². The Morgan fingerprint density at radius 1 is 1.37 bits per heavy atom. The van der Waals surface area contributed by atoms with Crippen molar-refractivity contribution in [3.05, 3.63) is 22.4 Å². The zero-order valence-corrected chi connectivity index (χ0v) is 11.9. The number of hydrogen-bond acceptors (Lipinski definition) is 2. The Morgan fingerprint density at radius 2 is 2.00 bits per heavy atom. The van der Waals surface area contributed by atoms with Gasteiger partial charge in [-0.1, -0.05) is 13.8 Å². The van der Waals surface area contributed by atoms with E-state index in [1.54, 1.807) is 16.8 Å². The van der Waals surface area contributed by atoms with Crippen molar-refractivity contribution in [2.45, 2.75) is 39.4 Å². The molecular formula is C13H18F3NOS. The van der Waals surface area contributed by atoms with Crippen LogP contribution in [0.4, 0.5) is 13.2 Å². The van der Waals surface area contributed by atoms with Gasteiger partial charge in [0.25, 0.3) is 0 Å². The van der Waals surface area contributed by atoms with E-state index in [0.29, 0.717) is 12.8 Å². The Morgan fingerprint density at radius 3 is 2.42 bits per heavy atom. The van der Waals surface area contributed by atoms with Crippen LogP contribution in [0, 0.1) is 5.92 Å². The molecule has 0 aromatic carbocycles. The highest BCUT2D eigenvalue weighted by atomic mass is 32.1. The van der Waals surface area contributed by atoms with Crippen LogP contribution in [0.5, 0.6) is 0 Å². The summed E-state index contributed by atoms with van der Waals surface area (Å²) >= 11 is 1.41. The molecule has 108 valence electrons. The minimum Gasteiger partial charge on any atom is -0.329 e. The number of thiophene rings is 1. The van der Waals surface area contributed by atoms with Gasteiger partial charge in [0.1, 0.15) is 6.54 Å². The number of halogens is 3. The Kier molecular flexibility index (Phi) is 5.85. The highest BCUT2D eigenvalue weighted by Gasteiger charge is 2.34. The summed E-state index contributed by atoms with van der Waals surface area (Å²) in [6.45, 7) is 2.49. The highest BCUT2D eigenvalue weighted by Crippen LogP contribution is 2.22. The molecular weight excluding hydrogens is 275 g/mol. The molecule has 19 heavy (non-hydrogen) atoms. The molecule has 0 aliphatic heterocycles. The van der Waals surface area contributed by atoms with Crippen molar-refractivity contribution in [3.8, 4) is 0 Å². The van der Waals surface area contributed by atoms with Crippen LogP contribution in [-0.2, 0) is 11.3 Å². The minimum absolute atomic E-state index is 0.0261. The molecule has 0 radical (unpaired) electrons. The smallest absolute Gasteiger partial charge is 0.329 e. The van der Waals surface area contributed by atoms with Crippen LogP contribution in [0.1, 0.15) is 32.3 Å². The largest absolute Gasteiger partial charge is 0.406 e. The van der Waals surface area contributed by atoms with E-state index in [0.717, 1.165) is 10.5 Å². The van der Waals surface area contributed by atoms with Crippen molar-refractivity contribution in [1.82, 2.24) is 4.90 Å². The fourth-order valence-corrected chi connectivity index (χ4v) is 2.59. The van der Waals surface area contributed by atoms with Crippen LogP contribution in [-0.4, -0.2) is 23.5 Å². The van der Waals surface area contributed by atoms with Gasteiger partial charge in [0.15, 0.2) is 0 Å². The number of hydrogen-bond donors (Lipinski definition) is 0. The Bertz CT molecular complexity index is 385. The standard InChI is InChI=1S/C13H18F3NOS/c1-3-11(4-2)12(18)17(9-13(14,15)16)7-10-5-6-19-8-10/h5-6,8,11H,3-4,7,9H2,1-2H3. The highest BCUT2D eigenvalue weighted by molar-refractivity contribution is 7.07. The lowest BCUT2D eigenvalue weighted by Crippen LogP contribution is -2.41. The van der Waals surface area contributed by atoms with Gasteiger partial charge in [0, 0.05) is 12.5 Å². The van der Waals surface area contributed by atoms with Gasteiger partial charge in [-0.25, -0.2) is 0 Å². The zero-order chi connectivity index (χ0) is 14.5. The lowest BCUT2D eigenvalue weighted by atomic mass is 10.0. The normalized spacial score (nSPS) is 11.9. The molecule has 0 unspecified atom stereocenters. The molecule has 1 rings (SSSR count). The van der Waals surface area contributed by atoms with Gasteiger partial charge in [-0.05, 0) is 35.2 Å². The van der Waals surface area contributed by atoms with Crippen molar-refractivity contribution in [1.29, 1.82) is 0 Å². The lowest BCUT2D eigenvalue weighted by Gasteiger charge is -2.27. The summed E-state index contributed by atoms with van der Waals surface area (Å²) in [5, 5.41) is 3.56. The number of nitrogens with zero attached hydrogens (tertiary/aromatic N) is 1. The van der Waals surface area contributed by atoms with Crippen LogP contribution < -0.4 is 0 Å². The number of rotatable bonds is 6. The monoisotopic (exact) mass is 293 g/mol. The second-order valence-electron chi connectivity index (χ2n) is 4.45. The Balaban J connectivity index is 2.82. The van der Waals surface area contributed by atoms with Gasteiger partial charge < -0.3 is 4.90 Å². The molecule has 0 aliphatic carbocycles. The molecule has 0 saturated carbocycles. The molecule has 1 aromatic heterocycles. The summed E-state index contributed by atoms with van der Waals surface area (Å²) in [7, 11) is 0. The van der Waals surface area contributed by atoms with Gasteiger partial charge in [-0.15, -0.1) is 0 Å². The van der Waals surface area contributed by atoms with Gasteiger partial charge in [0.2, 0.25) is 5.91 Å². The van der Waals surface area contributed by atoms with Gasteiger partial charge in [0.05, 0.1) is 0 Å². The van der Waals surface area contributed by atoms with E-state index in [9.17, 15) is 18.0 Å². The average molecular weight is 293 g/mol. The van der Waals surface area contributed by atoms with E-state index in [4.69, 9.17) is 0 Å². The van der Waals surface area contributed by atoms with Crippen LogP contribution >= 0.6 is 11.3 Å². The van der Waals surface area contributed by atoms with E-state index >= 15 is 0 Å². The van der Waals surface area contributed by atoms with Crippen LogP contribution in [0.15, 0.2) is 16.8 Å². The molecule has 2 nitrogen and oxygen atoms in total. The third-order valence-electron chi connectivity index (χ3n) is 2.97. The third-order valence-corrected chi connectivity index (χ3v) is 3.70. The van der Waals surface area contributed by atoms with E-state index in [1.807, 2.05) is 13.8 Å². The molecule has 1 aromatic rings. The zero-order valence-electron chi connectivity index (χ0n) is 11.0. The van der Waals surface area contributed by atoms with E-state index in [-0.39, 0.29) is 12.5 Å². The molecule has 0 atom stereocenters. The third kappa shape index (κ3) is 5.22. The quantitative estimate of drug-likeness (QED) is 0.774. The predicted octanol–water partition coefficient (Wildman–Crippen LogP) is 4.08. The molecule has 0 spiro atoms. The maximum atomic E-state index is 12.6. The van der Waals surface area contributed by atoms with Crippen molar-refractivity contribution >= 4 is 17.2 Å². The first-order chi connectivity index (χ1) is 8.87. The summed E-state index contributed by atoms with van der Waals surface area (Å²) in [6.07, 6.45) is -3.24. The molecule has 0 fully saturated rings. The predicted molar refractivity (Wildman–Crippen MR) is 69.9 cm³/mol. The maximum absolute atomic E-state index is 12.6. The van der Waals surface area contributed by atoms with E-state index < -0.39 is 18.6 Å². The van der Waals surface area contributed by atoms with E-state index in [1.165, 1.54) is 11.3 Å². The van der Waals surface area contributed by atoms with Crippen molar-refractivity contribution in [2.24, 2.45) is 5.92 Å². The summed E-state index contributed by atoms with van der Waals surface area (Å²) in [5.74, 6) is -0.741. The summed E-state index contributed by atoms with van der Waals surface area (Å²) in [5.41, 5.74) is 0.744. The summed E-state index contributed by atoms with van der Waals surface area (Å²) < 4.78 is 37.7. The lowest BCUT2D eigenvalue weighted by molar-refractivity contribution is -0.165. The first-order valence-corrected chi connectivity index (χ1v) is 7.18. The SMILES string of the molecule is CCC(CC)C(=O)N(Cc1ccsc1)CC(F)(F)F. The van der Waals surface area contributed by atoms with Crippen LogP contribution in [0.2, 0.25) is 0 Å². The molecule has 1 amide bonds. The fourth-order valence-electron chi connectivity index (χ4n) is 1.93. The number of carbonyl (C=O) groups is 1. The molecule has 1 heterocycles. The van der Waals surface area contributed by atoms with Gasteiger partial charge in [-0.2, -0.15) is 24.5 Å². The molecule has 0 saturated heterocycles. The molecule has 0 bridgehead atoms. The van der Waals surface area contributed by atoms with Crippen molar-refractivity contribution in [2.75, 3.05) is 6.54 Å². The summed E-state index contributed by atoms with van der Waals surface area (Å²) in [4.78, 5) is 13.1. The second-order valence-corrected chi connectivity index (χ2v) is 5.23. The van der Waals surface area contributed by atoms with E-state index in [2.05, 4.69) is 0 Å². The Hall–Kier alpha value is -1.04. The average Bonchev–Trinajstić information content (AvgIpc) is 2.80. The topological polar surface area (TPSA) is 20.3 Å². The summed E-state index contributed by atoms with van der Waals surface area (Å²) in [6, 6.07) is 1.74. The number of alkyl halides is 3.